The Morgan fingerprint density at radius 3 is 2.81 bits per heavy atom. The van der Waals surface area contributed by atoms with Crippen LogP contribution in [0.25, 0.3) is 0 Å². The third-order valence-electron chi connectivity index (χ3n) is 3.84. The zero-order valence-corrected chi connectivity index (χ0v) is 9.09. The summed E-state index contributed by atoms with van der Waals surface area (Å²) in [5, 5.41) is 2.70. The lowest BCUT2D eigenvalue weighted by atomic mass is 9.73. The quantitative estimate of drug-likeness (QED) is 0.726. The molecule has 1 spiro atoms. The Hall–Kier alpha value is -1.58. The second-order valence-corrected chi connectivity index (χ2v) is 4.53. The van der Waals surface area contributed by atoms with Crippen LogP contribution in [-0.2, 0) is 4.79 Å². The van der Waals surface area contributed by atoms with E-state index >= 15 is 0 Å². The molecule has 0 unspecified atom stereocenters. The first-order chi connectivity index (χ1) is 7.65. The SMILES string of the molecule is CN1c2cccc(F)c2NC(=O)C12CCC2. The molecule has 1 saturated carbocycles. The number of amides is 1. The average molecular weight is 220 g/mol. The van der Waals surface area contributed by atoms with E-state index in [0.717, 1.165) is 24.9 Å². The van der Waals surface area contributed by atoms with Crippen molar-refractivity contribution in [3.8, 4) is 0 Å². The molecule has 1 amide bonds. The minimum atomic E-state index is -0.430. The molecule has 0 atom stereocenters. The molecule has 3 nitrogen and oxygen atoms in total. The van der Waals surface area contributed by atoms with E-state index in [4.69, 9.17) is 0 Å². The first kappa shape index (κ1) is 9.63. The van der Waals surface area contributed by atoms with Gasteiger partial charge in [0, 0.05) is 7.05 Å². The number of nitrogens with one attached hydrogen (secondary N) is 1. The van der Waals surface area contributed by atoms with Gasteiger partial charge >= 0.3 is 0 Å². The number of carbonyl (C=O) groups excluding carboxylic acids is 1. The predicted octanol–water partition coefficient (Wildman–Crippen LogP) is 2.14. The molecule has 1 aliphatic carbocycles. The lowest BCUT2D eigenvalue weighted by Gasteiger charge is -2.51. The smallest absolute Gasteiger partial charge is 0.250 e. The van der Waals surface area contributed by atoms with Crippen LogP contribution < -0.4 is 10.2 Å². The third-order valence-corrected chi connectivity index (χ3v) is 3.84. The van der Waals surface area contributed by atoms with Crippen LogP contribution in [0.1, 0.15) is 19.3 Å². The summed E-state index contributed by atoms with van der Waals surface area (Å²) in [6.45, 7) is 0. The van der Waals surface area contributed by atoms with Gasteiger partial charge in [0.15, 0.2) is 0 Å². The van der Waals surface area contributed by atoms with E-state index < -0.39 is 5.54 Å². The molecule has 1 heterocycles. The first-order valence-electron chi connectivity index (χ1n) is 5.49. The number of anilines is 2. The van der Waals surface area contributed by atoms with Crippen molar-refractivity contribution in [2.24, 2.45) is 0 Å². The fourth-order valence-electron chi connectivity index (χ4n) is 2.60. The van der Waals surface area contributed by atoms with Crippen molar-refractivity contribution in [1.29, 1.82) is 0 Å². The topological polar surface area (TPSA) is 32.3 Å². The first-order valence-corrected chi connectivity index (χ1v) is 5.49. The normalized spacial score (nSPS) is 21.4. The van der Waals surface area contributed by atoms with Gasteiger partial charge in [-0.3, -0.25) is 4.79 Å². The molecule has 1 aromatic carbocycles. The summed E-state index contributed by atoms with van der Waals surface area (Å²) in [5.41, 5.74) is 0.660. The molecule has 0 aromatic heterocycles. The monoisotopic (exact) mass is 220 g/mol. The van der Waals surface area contributed by atoms with E-state index in [9.17, 15) is 9.18 Å². The average Bonchev–Trinajstić information content (AvgIpc) is 2.18. The van der Waals surface area contributed by atoms with Crippen LogP contribution in [0.3, 0.4) is 0 Å². The van der Waals surface area contributed by atoms with Crippen LogP contribution in [0.4, 0.5) is 15.8 Å². The van der Waals surface area contributed by atoms with E-state index in [1.807, 2.05) is 18.0 Å². The Morgan fingerprint density at radius 1 is 1.44 bits per heavy atom. The molecule has 1 aromatic rings. The Labute approximate surface area is 93.2 Å². The number of para-hydroxylation sites is 1. The maximum absolute atomic E-state index is 13.6. The van der Waals surface area contributed by atoms with Crippen LogP contribution in [-0.4, -0.2) is 18.5 Å². The zero-order chi connectivity index (χ0) is 11.3. The molecule has 16 heavy (non-hydrogen) atoms. The highest BCUT2D eigenvalue weighted by Crippen LogP contribution is 2.46. The maximum Gasteiger partial charge on any atom is 0.250 e. The van der Waals surface area contributed by atoms with Crippen LogP contribution in [0.5, 0.6) is 0 Å². The highest BCUT2D eigenvalue weighted by Gasteiger charge is 2.51. The van der Waals surface area contributed by atoms with E-state index in [0.29, 0.717) is 5.69 Å². The van der Waals surface area contributed by atoms with E-state index in [1.165, 1.54) is 6.07 Å². The highest BCUT2D eigenvalue weighted by atomic mass is 19.1. The van der Waals surface area contributed by atoms with Gasteiger partial charge in [0.1, 0.15) is 17.0 Å². The lowest BCUT2D eigenvalue weighted by Crippen LogP contribution is -2.62. The fraction of sp³-hybridized carbons (Fsp3) is 0.417. The number of hydrogen-bond acceptors (Lipinski definition) is 2. The van der Waals surface area contributed by atoms with E-state index in [1.54, 1.807) is 6.07 Å². The van der Waals surface area contributed by atoms with Crippen LogP contribution in [0, 0.1) is 5.82 Å². The molecular weight excluding hydrogens is 207 g/mol. The number of fused-ring (bicyclic) bond motifs is 1. The minimum Gasteiger partial charge on any atom is -0.358 e. The van der Waals surface area contributed by atoms with Crippen molar-refractivity contribution in [2.45, 2.75) is 24.8 Å². The Kier molecular flexibility index (Phi) is 1.79. The van der Waals surface area contributed by atoms with Crippen molar-refractivity contribution < 1.29 is 9.18 Å². The van der Waals surface area contributed by atoms with Crippen molar-refractivity contribution >= 4 is 17.3 Å². The summed E-state index contributed by atoms with van der Waals surface area (Å²) < 4.78 is 13.6. The molecule has 1 fully saturated rings. The van der Waals surface area contributed by atoms with Gasteiger partial charge in [0.05, 0.1) is 5.69 Å². The minimum absolute atomic E-state index is 0.0705. The van der Waals surface area contributed by atoms with Gasteiger partial charge in [-0.2, -0.15) is 0 Å². The van der Waals surface area contributed by atoms with Gasteiger partial charge < -0.3 is 10.2 Å². The maximum atomic E-state index is 13.6. The molecule has 3 rings (SSSR count). The number of benzene rings is 1. The van der Waals surface area contributed by atoms with E-state index in [2.05, 4.69) is 5.32 Å². The Bertz CT molecular complexity index is 468. The predicted molar refractivity (Wildman–Crippen MR) is 60.0 cm³/mol. The summed E-state index contributed by atoms with van der Waals surface area (Å²) in [6.07, 6.45) is 2.76. The van der Waals surface area contributed by atoms with Gasteiger partial charge in [-0.15, -0.1) is 0 Å². The summed E-state index contributed by atoms with van der Waals surface area (Å²) in [4.78, 5) is 13.9. The summed E-state index contributed by atoms with van der Waals surface area (Å²) >= 11 is 0. The number of carbonyl (C=O) groups is 1. The lowest BCUT2D eigenvalue weighted by molar-refractivity contribution is -0.124. The third kappa shape index (κ3) is 0.991. The molecule has 1 aliphatic heterocycles. The van der Waals surface area contributed by atoms with Crippen molar-refractivity contribution in [3.63, 3.8) is 0 Å². The van der Waals surface area contributed by atoms with Gasteiger partial charge in [0.25, 0.3) is 0 Å². The summed E-state index contributed by atoms with van der Waals surface area (Å²) in [6, 6.07) is 4.89. The fourth-order valence-corrected chi connectivity index (χ4v) is 2.60. The summed E-state index contributed by atoms with van der Waals surface area (Å²) in [7, 11) is 1.87. The number of likely N-dealkylation sites (N-methyl/N-ethyl adjacent to an activating group) is 1. The van der Waals surface area contributed by atoms with Gasteiger partial charge in [0.2, 0.25) is 5.91 Å². The molecule has 0 bridgehead atoms. The van der Waals surface area contributed by atoms with Crippen molar-refractivity contribution in [2.75, 3.05) is 17.3 Å². The number of nitrogens with zero attached hydrogens (tertiary/aromatic N) is 1. The Morgan fingerprint density at radius 2 is 2.19 bits per heavy atom. The number of halogens is 1. The molecule has 0 saturated heterocycles. The molecular formula is C12H13FN2O. The van der Waals surface area contributed by atoms with Crippen molar-refractivity contribution in [1.82, 2.24) is 0 Å². The van der Waals surface area contributed by atoms with Gasteiger partial charge in [-0.05, 0) is 31.4 Å². The number of hydrogen-bond donors (Lipinski definition) is 1. The second kappa shape index (κ2) is 2.97. The molecule has 84 valence electrons. The molecule has 1 N–H and O–H groups in total. The second-order valence-electron chi connectivity index (χ2n) is 4.53. The zero-order valence-electron chi connectivity index (χ0n) is 9.09. The number of rotatable bonds is 0. The van der Waals surface area contributed by atoms with Gasteiger partial charge in [-0.25, -0.2) is 4.39 Å². The molecule has 4 heteroatoms. The van der Waals surface area contributed by atoms with Crippen molar-refractivity contribution in [3.05, 3.63) is 24.0 Å². The standard InChI is InChI=1S/C12H13FN2O/c1-15-9-5-2-4-8(13)10(9)14-11(16)12(15)6-3-7-12/h2,4-5H,3,6-7H2,1H3,(H,14,16). The molecule has 2 aliphatic rings. The van der Waals surface area contributed by atoms with Crippen LogP contribution in [0.2, 0.25) is 0 Å². The van der Waals surface area contributed by atoms with Crippen LogP contribution >= 0.6 is 0 Å². The Balaban J connectivity index is 2.14. The van der Waals surface area contributed by atoms with Gasteiger partial charge in [-0.1, -0.05) is 6.07 Å². The highest BCUT2D eigenvalue weighted by molar-refractivity contribution is 6.07. The molecule has 0 radical (unpaired) electrons. The van der Waals surface area contributed by atoms with Crippen LogP contribution in [0.15, 0.2) is 18.2 Å². The largest absolute Gasteiger partial charge is 0.358 e. The van der Waals surface area contributed by atoms with E-state index in [-0.39, 0.29) is 11.7 Å². The summed E-state index contributed by atoms with van der Waals surface area (Å²) in [5.74, 6) is -0.439.